The van der Waals surface area contributed by atoms with Crippen LogP contribution >= 0.6 is 7.36 Å². The monoisotopic (exact) mass is 366 g/mol. The van der Waals surface area contributed by atoms with Crippen molar-refractivity contribution in [1.82, 2.24) is 9.34 Å². The predicted octanol–water partition coefficient (Wildman–Crippen LogP) is 3.62. The van der Waals surface area contributed by atoms with Gasteiger partial charge in [-0.25, -0.2) is 0 Å². The fraction of sp³-hybridized carbons (Fsp3) is 0.684. The van der Waals surface area contributed by atoms with E-state index in [1.807, 2.05) is 30.3 Å². The third-order valence-electron chi connectivity index (χ3n) is 6.30. The second-order valence-corrected chi connectivity index (χ2v) is 12.2. The van der Waals surface area contributed by atoms with Gasteiger partial charge in [0.05, 0.1) is 0 Å². The molecule has 3 aliphatic heterocycles. The van der Waals surface area contributed by atoms with Gasteiger partial charge < -0.3 is 0 Å². The standard InChI is InChI=1S/C19H31N2O3P/c1-14(2)17-12-23-25(19(22)16-8-6-5-7-9-16)20(17)10-11-21(25)18(13-24-25)15(3)4/h5-9,14-15,17-19,22H,10-13H2,1-4H3/t17-,18-,19+/m1/s1. The molecule has 0 bridgehead atoms. The van der Waals surface area contributed by atoms with Crippen LogP contribution in [0.1, 0.15) is 39.1 Å². The van der Waals surface area contributed by atoms with E-state index in [4.69, 9.17) is 9.05 Å². The molecule has 3 saturated heterocycles. The Hall–Kier alpha value is -0.550. The van der Waals surface area contributed by atoms with Crippen LogP contribution in [-0.2, 0) is 9.05 Å². The first-order valence-electron chi connectivity index (χ1n) is 9.50. The van der Waals surface area contributed by atoms with Gasteiger partial charge in [-0.1, -0.05) is 0 Å². The fourth-order valence-corrected chi connectivity index (χ4v) is 10.9. The summed E-state index contributed by atoms with van der Waals surface area (Å²) in [6, 6.07) is 10.5. The zero-order chi connectivity index (χ0) is 17.8. The number of rotatable bonds is 4. The summed E-state index contributed by atoms with van der Waals surface area (Å²) in [5.74, 6) is 0.180. The molecular formula is C19H31N2O3P. The van der Waals surface area contributed by atoms with Crippen molar-refractivity contribution >= 4 is 7.36 Å². The first-order valence-corrected chi connectivity index (χ1v) is 11.5. The Morgan fingerprint density at radius 3 is 1.84 bits per heavy atom. The van der Waals surface area contributed by atoms with Crippen LogP contribution in [-0.4, -0.2) is 52.8 Å². The number of aliphatic hydroxyl groups is 1. The van der Waals surface area contributed by atoms with Gasteiger partial charge in [0, 0.05) is 0 Å². The fourth-order valence-electron chi connectivity index (χ4n) is 4.91. The second kappa shape index (κ2) is 5.98. The van der Waals surface area contributed by atoms with Gasteiger partial charge >= 0.3 is 151 Å². The first-order chi connectivity index (χ1) is 11.9. The van der Waals surface area contributed by atoms with Crippen molar-refractivity contribution in [3.8, 4) is 0 Å². The van der Waals surface area contributed by atoms with Gasteiger partial charge in [-0.05, 0) is 0 Å². The molecule has 1 aromatic rings. The number of benzene rings is 1. The SMILES string of the molecule is CC(C)[C@H]1COP23([C@H](O)c4ccccc4)OC[C@H](C(C)C)N2CCN13. The molecule has 25 heavy (non-hydrogen) atoms. The Balaban J connectivity index is 1.86. The Morgan fingerprint density at radius 1 is 0.920 bits per heavy atom. The van der Waals surface area contributed by atoms with Crippen molar-refractivity contribution in [2.45, 2.75) is 45.6 Å². The van der Waals surface area contributed by atoms with E-state index < -0.39 is 13.2 Å². The van der Waals surface area contributed by atoms with Gasteiger partial charge in [0.1, 0.15) is 0 Å². The topological polar surface area (TPSA) is 45.2 Å². The van der Waals surface area contributed by atoms with Crippen LogP contribution in [0, 0.1) is 11.8 Å². The summed E-state index contributed by atoms with van der Waals surface area (Å²) in [4.78, 5) is 0. The van der Waals surface area contributed by atoms with Crippen molar-refractivity contribution in [2.75, 3.05) is 26.3 Å². The maximum absolute atomic E-state index is 11.7. The number of aliphatic hydroxyl groups excluding tert-OH is 1. The molecule has 4 rings (SSSR count). The van der Waals surface area contributed by atoms with Crippen LogP contribution in [0.15, 0.2) is 30.3 Å². The first kappa shape index (κ1) is 17.8. The van der Waals surface area contributed by atoms with E-state index in [9.17, 15) is 5.11 Å². The van der Waals surface area contributed by atoms with Crippen LogP contribution in [0.3, 0.4) is 0 Å². The van der Waals surface area contributed by atoms with Gasteiger partial charge in [-0.2, -0.15) is 0 Å². The molecule has 1 N–H and O–H groups in total. The average molecular weight is 366 g/mol. The molecule has 3 fully saturated rings. The molecule has 3 heterocycles. The molecule has 0 radical (unpaired) electrons. The third kappa shape index (κ3) is 2.17. The zero-order valence-electron chi connectivity index (χ0n) is 15.7. The summed E-state index contributed by atoms with van der Waals surface area (Å²) in [5.41, 5.74) is 0.894. The van der Waals surface area contributed by atoms with Crippen LogP contribution < -0.4 is 0 Å². The summed E-state index contributed by atoms with van der Waals surface area (Å²) in [6.45, 7) is 12.0. The Kier molecular flexibility index (Phi) is 4.27. The normalized spacial score (nSPS) is 34.0. The zero-order valence-corrected chi connectivity index (χ0v) is 16.6. The summed E-state index contributed by atoms with van der Waals surface area (Å²) < 4.78 is 18.2. The van der Waals surface area contributed by atoms with E-state index in [1.165, 1.54) is 0 Å². The van der Waals surface area contributed by atoms with Crippen LogP contribution in [0.4, 0.5) is 0 Å². The van der Waals surface area contributed by atoms with Gasteiger partial charge in [0.2, 0.25) is 0 Å². The van der Waals surface area contributed by atoms with Crippen molar-refractivity contribution in [3.05, 3.63) is 35.9 Å². The van der Waals surface area contributed by atoms with E-state index in [1.54, 1.807) is 0 Å². The van der Waals surface area contributed by atoms with Crippen molar-refractivity contribution < 1.29 is 14.2 Å². The molecular weight excluding hydrogens is 335 g/mol. The Labute approximate surface area is 151 Å². The second-order valence-electron chi connectivity index (χ2n) is 8.26. The number of nitrogens with zero attached hydrogens (tertiary/aromatic N) is 2. The molecule has 0 aliphatic carbocycles. The number of hydrogen-bond acceptors (Lipinski definition) is 5. The van der Waals surface area contributed by atoms with Crippen LogP contribution in [0.5, 0.6) is 0 Å². The van der Waals surface area contributed by atoms with E-state index >= 15 is 0 Å². The van der Waals surface area contributed by atoms with Gasteiger partial charge in [0.15, 0.2) is 0 Å². The molecule has 6 heteroatoms. The average Bonchev–Trinajstić information content (AvgIpc) is 3.20. The van der Waals surface area contributed by atoms with Crippen LogP contribution in [0.2, 0.25) is 0 Å². The molecule has 140 valence electrons. The predicted molar refractivity (Wildman–Crippen MR) is 101 cm³/mol. The minimum atomic E-state index is -3.49. The summed E-state index contributed by atoms with van der Waals surface area (Å²) >= 11 is 0. The molecule has 1 spiro atoms. The maximum atomic E-state index is 11.7. The summed E-state index contributed by atoms with van der Waals surface area (Å²) in [6.07, 6.45) is 0. The summed E-state index contributed by atoms with van der Waals surface area (Å²) in [5, 5.41) is 11.7. The van der Waals surface area contributed by atoms with Crippen molar-refractivity contribution in [1.29, 1.82) is 0 Å². The van der Waals surface area contributed by atoms with E-state index in [0.29, 0.717) is 37.1 Å². The molecule has 0 saturated carbocycles. The molecule has 0 amide bonds. The van der Waals surface area contributed by atoms with Crippen molar-refractivity contribution in [2.24, 2.45) is 11.8 Å². The summed E-state index contributed by atoms with van der Waals surface area (Å²) in [7, 11) is -3.49. The van der Waals surface area contributed by atoms with Gasteiger partial charge in [-0.15, -0.1) is 0 Å². The van der Waals surface area contributed by atoms with Crippen LogP contribution in [0.25, 0.3) is 0 Å². The Morgan fingerprint density at radius 2 is 1.40 bits per heavy atom. The molecule has 0 aromatic heterocycles. The minimum absolute atomic E-state index is 0.298. The third-order valence-corrected chi connectivity index (χ3v) is 11.6. The van der Waals surface area contributed by atoms with E-state index in [2.05, 4.69) is 37.0 Å². The van der Waals surface area contributed by atoms with E-state index in [0.717, 1.165) is 18.7 Å². The molecule has 3 atom stereocenters. The molecule has 0 unspecified atom stereocenters. The van der Waals surface area contributed by atoms with Crippen molar-refractivity contribution in [3.63, 3.8) is 0 Å². The van der Waals surface area contributed by atoms with E-state index in [-0.39, 0.29) is 0 Å². The molecule has 3 aliphatic rings. The molecule has 1 aromatic carbocycles. The van der Waals surface area contributed by atoms with Gasteiger partial charge in [-0.3, -0.25) is 0 Å². The van der Waals surface area contributed by atoms with Gasteiger partial charge in [0.25, 0.3) is 0 Å². The Bertz CT molecular complexity index is 607. The quantitative estimate of drug-likeness (QED) is 0.825. The number of hydrogen-bond donors (Lipinski definition) is 1. The molecule has 5 nitrogen and oxygen atoms in total.